The quantitative estimate of drug-likeness (QED) is 0.652. The monoisotopic (exact) mass is 411 g/mol. The van der Waals surface area contributed by atoms with Crippen LogP contribution >= 0.6 is 15.9 Å². The van der Waals surface area contributed by atoms with E-state index in [-0.39, 0.29) is 29.6 Å². The first-order chi connectivity index (χ1) is 12.0. The van der Waals surface area contributed by atoms with Gasteiger partial charge in [-0.3, -0.25) is 0 Å². The molecule has 2 unspecified atom stereocenters. The van der Waals surface area contributed by atoms with Crippen LogP contribution in [0, 0.1) is 5.82 Å². The van der Waals surface area contributed by atoms with Crippen LogP contribution < -0.4 is 5.32 Å². The molecule has 0 bridgehead atoms. The van der Waals surface area contributed by atoms with E-state index in [2.05, 4.69) is 21.2 Å². The molecule has 134 valence electrons. The number of hydrogen-bond donors (Lipinski definition) is 3. The third kappa shape index (κ3) is 6.12. The molecule has 2 atom stereocenters. The summed E-state index contributed by atoms with van der Waals surface area (Å²) in [6, 6.07) is 13.4. The topological polar surface area (TPSA) is 78.8 Å². The summed E-state index contributed by atoms with van der Waals surface area (Å²) >= 11 is 3.02. The molecule has 25 heavy (non-hydrogen) atoms. The first-order valence-electron chi connectivity index (χ1n) is 7.73. The maximum absolute atomic E-state index is 13.5. The third-order valence-electron chi connectivity index (χ3n) is 3.57. The lowest BCUT2D eigenvalue weighted by molar-refractivity contribution is 0.0135. The second-order valence-electron chi connectivity index (χ2n) is 5.46. The van der Waals surface area contributed by atoms with Crippen LogP contribution in [0.5, 0.6) is 0 Å². The first kappa shape index (κ1) is 19.4. The fraction of sp³-hybridized carbons (Fsp3) is 0.278. The largest absolute Gasteiger partial charge is 0.445 e. The zero-order valence-electron chi connectivity index (χ0n) is 13.4. The fourth-order valence-electron chi connectivity index (χ4n) is 2.17. The third-order valence-corrected chi connectivity index (χ3v) is 4.21. The van der Waals surface area contributed by atoms with Crippen LogP contribution in [0.4, 0.5) is 9.18 Å². The maximum atomic E-state index is 13.5. The molecule has 0 saturated heterocycles. The summed E-state index contributed by atoms with van der Waals surface area (Å²) in [5.74, 6) is -0.522. The van der Waals surface area contributed by atoms with Gasteiger partial charge in [-0.25, -0.2) is 9.18 Å². The van der Waals surface area contributed by atoms with Crippen LogP contribution in [-0.2, 0) is 11.3 Å². The summed E-state index contributed by atoms with van der Waals surface area (Å²) in [5, 5.41) is 22.5. The van der Waals surface area contributed by atoms with Gasteiger partial charge in [-0.1, -0.05) is 36.4 Å². The predicted molar refractivity (Wildman–Crippen MR) is 94.3 cm³/mol. The summed E-state index contributed by atoms with van der Waals surface area (Å²) in [6.45, 7) is 0.265. The van der Waals surface area contributed by atoms with Crippen LogP contribution in [0.15, 0.2) is 53.0 Å². The van der Waals surface area contributed by atoms with Gasteiger partial charge in [0.15, 0.2) is 0 Å². The average molecular weight is 412 g/mol. The van der Waals surface area contributed by atoms with E-state index in [0.717, 1.165) is 11.6 Å². The van der Waals surface area contributed by atoms with Crippen LogP contribution in [0.1, 0.15) is 23.7 Å². The lowest BCUT2D eigenvalue weighted by Gasteiger charge is -2.18. The highest BCUT2D eigenvalue weighted by molar-refractivity contribution is 9.10. The van der Waals surface area contributed by atoms with E-state index >= 15 is 0 Å². The minimum Gasteiger partial charge on any atom is -0.445 e. The fourth-order valence-corrected chi connectivity index (χ4v) is 2.42. The van der Waals surface area contributed by atoms with E-state index in [4.69, 9.17) is 4.74 Å². The van der Waals surface area contributed by atoms with Gasteiger partial charge >= 0.3 is 6.09 Å². The van der Waals surface area contributed by atoms with E-state index in [1.165, 1.54) is 12.1 Å². The van der Waals surface area contributed by atoms with Crippen molar-refractivity contribution in [2.45, 2.75) is 25.2 Å². The molecule has 2 rings (SSSR count). The van der Waals surface area contributed by atoms with E-state index < -0.39 is 24.1 Å². The van der Waals surface area contributed by atoms with Crippen LogP contribution in [0.25, 0.3) is 0 Å². The molecule has 0 spiro atoms. The number of rotatable bonds is 7. The SMILES string of the molecule is O=C(NCCC(O)C(O)c1ccc(Br)c(F)c1)OCc1ccccc1. The van der Waals surface area contributed by atoms with Gasteiger partial charge < -0.3 is 20.3 Å². The number of nitrogens with one attached hydrogen (secondary N) is 1. The highest BCUT2D eigenvalue weighted by atomic mass is 79.9. The Morgan fingerprint density at radius 3 is 2.60 bits per heavy atom. The van der Waals surface area contributed by atoms with Gasteiger partial charge in [0, 0.05) is 6.54 Å². The van der Waals surface area contributed by atoms with E-state index in [1.54, 1.807) is 0 Å². The minimum absolute atomic E-state index is 0.0965. The summed E-state index contributed by atoms with van der Waals surface area (Å²) < 4.78 is 18.8. The van der Waals surface area contributed by atoms with E-state index in [0.29, 0.717) is 0 Å². The number of alkyl carbamates (subject to hydrolysis) is 1. The van der Waals surface area contributed by atoms with Crippen molar-refractivity contribution in [2.75, 3.05) is 6.54 Å². The number of hydrogen-bond acceptors (Lipinski definition) is 4. The molecule has 0 radical (unpaired) electrons. The number of carbonyl (C=O) groups excluding carboxylic acids is 1. The Hall–Kier alpha value is -1.96. The highest BCUT2D eigenvalue weighted by Crippen LogP contribution is 2.23. The van der Waals surface area contributed by atoms with E-state index in [9.17, 15) is 19.4 Å². The zero-order valence-corrected chi connectivity index (χ0v) is 14.9. The summed E-state index contributed by atoms with van der Waals surface area (Å²) in [7, 11) is 0. The minimum atomic E-state index is -1.25. The molecule has 0 aromatic heterocycles. The van der Waals surface area contributed by atoms with Crippen LogP contribution in [-0.4, -0.2) is 29.0 Å². The van der Waals surface area contributed by atoms with Crippen molar-refractivity contribution in [1.29, 1.82) is 0 Å². The molecule has 7 heteroatoms. The number of halogens is 2. The van der Waals surface area contributed by atoms with Gasteiger partial charge in [0.05, 0.1) is 10.6 Å². The second kappa shape index (κ2) is 9.50. The van der Waals surface area contributed by atoms with Gasteiger partial charge in [0.2, 0.25) is 0 Å². The van der Waals surface area contributed by atoms with Crippen molar-refractivity contribution in [3.8, 4) is 0 Å². The number of aliphatic hydroxyl groups is 2. The van der Waals surface area contributed by atoms with Crippen molar-refractivity contribution >= 4 is 22.0 Å². The Morgan fingerprint density at radius 1 is 1.20 bits per heavy atom. The molecule has 0 aliphatic heterocycles. The molecule has 3 N–H and O–H groups in total. The molecule has 0 heterocycles. The molecule has 0 aliphatic rings. The van der Waals surface area contributed by atoms with Gasteiger partial charge in [-0.05, 0) is 45.6 Å². The van der Waals surface area contributed by atoms with Crippen molar-refractivity contribution in [2.24, 2.45) is 0 Å². The average Bonchev–Trinajstić information content (AvgIpc) is 2.62. The standard InChI is InChI=1S/C18H19BrFNO4/c19-14-7-6-13(10-15(14)20)17(23)16(22)8-9-21-18(24)25-11-12-4-2-1-3-5-12/h1-7,10,16-17,22-23H,8-9,11H2,(H,21,24). The van der Waals surface area contributed by atoms with Gasteiger partial charge in [0.1, 0.15) is 18.5 Å². The Bertz CT molecular complexity index is 699. The van der Waals surface area contributed by atoms with E-state index in [1.807, 2.05) is 30.3 Å². The Morgan fingerprint density at radius 2 is 1.92 bits per heavy atom. The number of amides is 1. The van der Waals surface area contributed by atoms with Crippen LogP contribution in [0.2, 0.25) is 0 Å². The molecular weight excluding hydrogens is 393 g/mol. The lowest BCUT2D eigenvalue weighted by Crippen LogP contribution is -2.29. The number of benzene rings is 2. The molecule has 5 nitrogen and oxygen atoms in total. The zero-order chi connectivity index (χ0) is 18.2. The van der Waals surface area contributed by atoms with Gasteiger partial charge in [0.25, 0.3) is 0 Å². The Balaban J connectivity index is 1.72. The highest BCUT2D eigenvalue weighted by Gasteiger charge is 2.19. The van der Waals surface area contributed by atoms with Crippen LogP contribution in [0.3, 0.4) is 0 Å². The second-order valence-corrected chi connectivity index (χ2v) is 6.32. The maximum Gasteiger partial charge on any atom is 0.407 e. The lowest BCUT2D eigenvalue weighted by atomic mass is 10.0. The number of aliphatic hydroxyl groups excluding tert-OH is 2. The van der Waals surface area contributed by atoms with Gasteiger partial charge in [-0.2, -0.15) is 0 Å². The molecular formula is C18H19BrFNO4. The summed E-state index contributed by atoms with van der Waals surface area (Å²) in [6.07, 6.45) is -2.90. The Kier molecular flexibility index (Phi) is 7.36. The molecule has 2 aromatic rings. The molecule has 0 fully saturated rings. The normalized spacial score (nSPS) is 13.1. The summed E-state index contributed by atoms with van der Waals surface area (Å²) in [4.78, 5) is 11.6. The Labute approximate surface area is 153 Å². The number of carbonyl (C=O) groups is 1. The van der Waals surface area contributed by atoms with Crippen molar-refractivity contribution in [3.05, 3.63) is 69.9 Å². The molecule has 0 aliphatic carbocycles. The van der Waals surface area contributed by atoms with Crippen molar-refractivity contribution in [1.82, 2.24) is 5.32 Å². The smallest absolute Gasteiger partial charge is 0.407 e. The number of ether oxygens (including phenoxy) is 1. The molecule has 2 aromatic carbocycles. The van der Waals surface area contributed by atoms with Gasteiger partial charge in [-0.15, -0.1) is 0 Å². The molecule has 0 saturated carbocycles. The van der Waals surface area contributed by atoms with Crippen molar-refractivity contribution in [3.63, 3.8) is 0 Å². The molecule has 1 amide bonds. The van der Waals surface area contributed by atoms with Crippen molar-refractivity contribution < 1.29 is 24.1 Å². The predicted octanol–water partition coefficient (Wildman–Crippen LogP) is 3.30. The summed E-state index contributed by atoms with van der Waals surface area (Å²) in [5.41, 5.74) is 1.13. The first-order valence-corrected chi connectivity index (χ1v) is 8.52.